The van der Waals surface area contributed by atoms with Crippen LogP contribution in [0.2, 0.25) is 0 Å². The van der Waals surface area contributed by atoms with Crippen LogP contribution in [-0.4, -0.2) is 28.6 Å². The Hall–Kier alpha value is -0.310. The van der Waals surface area contributed by atoms with Crippen molar-refractivity contribution in [3.05, 3.63) is 0 Å². The first-order chi connectivity index (χ1) is 9.22. The van der Waals surface area contributed by atoms with Gasteiger partial charge in [-0.1, -0.05) is 39.5 Å². The first kappa shape index (κ1) is 15.1. The zero-order chi connectivity index (χ0) is 13.7. The van der Waals surface area contributed by atoms with Crippen molar-refractivity contribution in [2.45, 2.75) is 83.7 Å². The van der Waals surface area contributed by atoms with Gasteiger partial charge in [-0.15, -0.1) is 0 Å². The fourth-order valence-corrected chi connectivity index (χ4v) is 4.03. The maximum absolute atomic E-state index is 5.73. The largest absolute Gasteiger partial charge is 0.360 e. The van der Waals surface area contributed by atoms with E-state index < -0.39 is 0 Å². The van der Waals surface area contributed by atoms with Crippen LogP contribution in [0, 0.1) is 5.92 Å². The minimum absolute atomic E-state index is 0.613. The quantitative estimate of drug-likeness (QED) is 0.768. The minimum Gasteiger partial charge on any atom is -0.360 e. The molecule has 2 aliphatic rings. The lowest BCUT2D eigenvalue weighted by atomic mass is 9.86. The van der Waals surface area contributed by atoms with Gasteiger partial charge >= 0.3 is 0 Å². The summed E-state index contributed by atoms with van der Waals surface area (Å²) in [4.78, 5) is 2.49. The smallest absolute Gasteiger partial charge is 0.169 e. The summed E-state index contributed by atoms with van der Waals surface area (Å²) in [7, 11) is 0. The third-order valence-corrected chi connectivity index (χ3v) is 5.38. The molecule has 2 rings (SSSR count). The Kier molecular flexibility index (Phi) is 5.93. The van der Waals surface area contributed by atoms with Gasteiger partial charge in [0, 0.05) is 18.6 Å². The standard InChI is InChI=1S/C16H30N2S/c1-3-14-10-5-4-8-12-18(14)16(19)17-15-11-7-6-9-13(15)2/h13-15H,3-12H2,1-2H3,(H,17,19). The number of hydrogen-bond acceptors (Lipinski definition) is 1. The van der Waals surface area contributed by atoms with E-state index in [0.29, 0.717) is 12.1 Å². The van der Waals surface area contributed by atoms with E-state index in [1.165, 1.54) is 57.8 Å². The Labute approximate surface area is 124 Å². The summed E-state index contributed by atoms with van der Waals surface area (Å²) in [6, 6.07) is 1.28. The van der Waals surface area contributed by atoms with Crippen LogP contribution in [0.15, 0.2) is 0 Å². The molecule has 0 radical (unpaired) electrons. The Bertz CT molecular complexity index is 292. The molecule has 110 valence electrons. The second-order valence-electron chi connectivity index (χ2n) is 6.42. The summed E-state index contributed by atoms with van der Waals surface area (Å²) >= 11 is 5.73. The van der Waals surface area contributed by atoms with Gasteiger partial charge in [0.2, 0.25) is 0 Å². The summed E-state index contributed by atoms with van der Waals surface area (Å²) in [5.41, 5.74) is 0. The van der Waals surface area contributed by atoms with E-state index in [1.807, 2.05) is 0 Å². The average Bonchev–Trinajstić information content (AvgIpc) is 2.66. The first-order valence-electron chi connectivity index (χ1n) is 8.29. The molecule has 3 heteroatoms. The summed E-state index contributed by atoms with van der Waals surface area (Å²) in [6.07, 6.45) is 12.0. The molecule has 0 amide bonds. The fraction of sp³-hybridized carbons (Fsp3) is 0.938. The monoisotopic (exact) mass is 282 g/mol. The number of thiocarbonyl (C=S) groups is 1. The summed E-state index contributed by atoms with van der Waals surface area (Å²) in [5, 5.41) is 4.72. The zero-order valence-electron chi connectivity index (χ0n) is 12.7. The Morgan fingerprint density at radius 1 is 1.11 bits per heavy atom. The number of likely N-dealkylation sites (tertiary alicyclic amines) is 1. The second-order valence-corrected chi connectivity index (χ2v) is 6.81. The molecule has 3 unspecified atom stereocenters. The van der Waals surface area contributed by atoms with Crippen molar-refractivity contribution in [2.75, 3.05) is 6.54 Å². The second kappa shape index (κ2) is 7.47. The lowest BCUT2D eigenvalue weighted by molar-refractivity contribution is 0.271. The van der Waals surface area contributed by atoms with E-state index in [-0.39, 0.29) is 0 Å². The van der Waals surface area contributed by atoms with Gasteiger partial charge in [0.1, 0.15) is 0 Å². The van der Waals surface area contributed by atoms with Crippen LogP contribution in [0.25, 0.3) is 0 Å². The molecule has 1 saturated heterocycles. The van der Waals surface area contributed by atoms with Gasteiger partial charge in [0.15, 0.2) is 5.11 Å². The molecule has 1 N–H and O–H groups in total. The SMILES string of the molecule is CCC1CCCCCN1C(=S)NC1CCCCC1C. The van der Waals surface area contributed by atoms with Crippen molar-refractivity contribution in [1.82, 2.24) is 10.2 Å². The molecule has 1 heterocycles. The maximum Gasteiger partial charge on any atom is 0.169 e. The van der Waals surface area contributed by atoms with Gasteiger partial charge < -0.3 is 10.2 Å². The van der Waals surface area contributed by atoms with Gasteiger partial charge in [-0.2, -0.15) is 0 Å². The number of hydrogen-bond donors (Lipinski definition) is 1. The molecule has 0 spiro atoms. The summed E-state index contributed by atoms with van der Waals surface area (Å²) in [6.45, 7) is 5.83. The molecule has 0 aromatic carbocycles. The van der Waals surface area contributed by atoms with E-state index in [4.69, 9.17) is 12.2 Å². The first-order valence-corrected chi connectivity index (χ1v) is 8.70. The molecule has 2 nitrogen and oxygen atoms in total. The molecule has 1 aliphatic heterocycles. The van der Waals surface area contributed by atoms with Crippen molar-refractivity contribution in [3.8, 4) is 0 Å². The number of nitrogens with zero attached hydrogens (tertiary/aromatic N) is 1. The van der Waals surface area contributed by atoms with Gasteiger partial charge in [-0.25, -0.2) is 0 Å². The van der Waals surface area contributed by atoms with Crippen molar-refractivity contribution < 1.29 is 0 Å². The molecule has 0 aromatic heterocycles. The third-order valence-electron chi connectivity index (χ3n) is 5.03. The van der Waals surface area contributed by atoms with E-state index in [9.17, 15) is 0 Å². The molecule has 1 aliphatic carbocycles. The lowest BCUT2D eigenvalue weighted by Gasteiger charge is -2.37. The number of nitrogens with one attached hydrogen (secondary N) is 1. The van der Waals surface area contributed by atoms with E-state index in [0.717, 1.165) is 17.6 Å². The van der Waals surface area contributed by atoms with Crippen molar-refractivity contribution >= 4 is 17.3 Å². The van der Waals surface area contributed by atoms with Gasteiger partial charge in [0.05, 0.1) is 0 Å². The predicted octanol–water partition coefficient (Wildman–Crippen LogP) is 4.09. The van der Waals surface area contributed by atoms with Crippen LogP contribution in [0.4, 0.5) is 0 Å². The summed E-state index contributed by atoms with van der Waals surface area (Å²) < 4.78 is 0. The lowest BCUT2D eigenvalue weighted by Crippen LogP contribution is -2.51. The molecule has 3 atom stereocenters. The summed E-state index contributed by atoms with van der Waals surface area (Å²) in [5.74, 6) is 0.777. The van der Waals surface area contributed by atoms with Crippen molar-refractivity contribution in [2.24, 2.45) is 5.92 Å². The normalized spacial score (nSPS) is 32.7. The molecule has 19 heavy (non-hydrogen) atoms. The Morgan fingerprint density at radius 3 is 2.58 bits per heavy atom. The maximum atomic E-state index is 5.73. The highest BCUT2D eigenvalue weighted by Gasteiger charge is 2.26. The third kappa shape index (κ3) is 4.08. The Balaban J connectivity index is 1.92. The zero-order valence-corrected chi connectivity index (χ0v) is 13.5. The van der Waals surface area contributed by atoms with Crippen LogP contribution in [0.1, 0.15) is 71.6 Å². The predicted molar refractivity (Wildman–Crippen MR) is 86.4 cm³/mol. The molecule has 1 saturated carbocycles. The van der Waals surface area contributed by atoms with E-state index >= 15 is 0 Å². The van der Waals surface area contributed by atoms with Crippen molar-refractivity contribution in [1.29, 1.82) is 0 Å². The topological polar surface area (TPSA) is 15.3 Å². The highest BCUT2D eigenvalue weighted by Crippen LogP contribution is 2.25. The van der Waals surface area contributed by atoms with Gasteiger partial charge in [-0.05, 0) is 50.2 Å². The van der Waals surface area contributed by atoms with Crippen LogP contribution >= 0.6 is 12.2 Å². The van der Waals surface area contributed by atoms with Crippen molar-refractivity contribution in [3.63, 3.8) is 0 Å². The minimum atomic E-state index is 0.613. The van der Waals surface area contributed by atoms with Crippen LogP contribution in [-0.2, 0) is 0 Å². The van der Waals surface area contributed by atoms with Crippen LogP contribution in [0.5, 0.6) is 0 Å². The molecule has 2 fully saturated rings. The number of rotatable bonds is 2. The molecule has 0 bridgehead atoms. The fourth-order valence-electron chi connectivity index (χ4n) is 3.64. The van der Waals surface area contributed by atoms with Crippen LogP contribution in [0.3, 0.4) is 0 Å². The highest BCUT2D eigenvalue weighted by molar-refractivity contribution is 7.80. The van der Waals surface area contributed by atoms with Gasteiger partial charge in [-0.3, -0.25) is 0 Å². The van der Waals surface area contributed by atoms with Crippen LogP contribution < -0.4 is 5.32 Å². The Morgan fingerprint density at radius 2 is 1.84 bits per heavy atom. The highest BCUT2D eigenvalue weighted by atomic mass is 32.1. The molecular formula is C16H30N2S. The van der Waals surface area contributed by atoms with Gasteiger partial charge in [0.25, 0.3) is 0 Å². The molecule has 0 aromatic rings. The van der Waals surface area contributed by atoms with E-state index in [1.54, 1.807) is 0 Å². The molecular weight excluding hydrogens is 252 g/mol. The van der Waals surface area contributed by atoms with E-state index in [2.05, 4.69) is 24.1 Å². The average molecular weight is 282 g/mol.